The van der Waals surface area contributed by atoms with Gasteiger partial charge in [-0.25, -0.2) is 0 Å². The second-order valence-corrected chi connectivity index (χ2v) is 9.83. The molecule has 1 nitrogen and oxygen atoms in total. The molecule has 0 bridgehead atoms. The Morgan fingerprint density at radius 2 is 1.88 bits per heavy atom. The van der Waals surface area contributed by atoms with E-state index in [9.17, 15) is 0 Å². The molecule has 140 valence electrons. The summed E-state index contributed by atoms with van der Waals surface area (Å²) in [6, 6.07) is 4.34. The number of hydrogen-bond donors (Lipinski definition) is 0. The van der Waals surface area contributed by atoms with Gasteiger partial charge < -0.3 is 4.42 Å². The standard InChI is InChI=1S/C20H23ClOS4/c1-4-17(23)26-10-8-6-5-7-9-25-15-11-13(2)19-16(12-15)14(3)18(21)20(24)22-19/h4,11-12H,1,5-10H2,2-3H3. The fourth-order valence-electron chi connectivity index (χ4n) is 2.63. The molecule has 0 radical (unpaired) electrons. The number of aryl methyl sites for hydroxylation is 2. The van der Waals surface area contributed by atoms with Gasteiger partial charge in [-0.1, -0.05) is 43.2 Å². The highest BCUT2D eigenvalue weighted by Crippen LogP contribution is 2.33. The summed E-state index contributed by atoms with van der Waals surface area (Å²) in [7, 11) is 0. The van der Waals surface area contributed by atoms with E-state index >= 15 is 0 Å². The smallest absolute Gasteiger partial charge is 0.209 e. The van der Waals surface area contributed by atoms with Crippen molar-refractivity contribution in [3.63, 3.8) is 0 Å². The van der Waals surface area contributed by atoms with E-state index in [0.29, 0.717) is 9.73 Å². The van der Waals surface area contributed by atoms with E-state index in [0.717, 1.165) is 37.8 Å². The van der Waals surface area contributed by atoms with E-state index < -0.39 is 0 Å². The molecule has 0 unspecified atom stereocenters. The molecule has 0 aliphatic rings. The fourth-order valence-corrected chi connectivity index (χ4v) is 4.97. The zero-order valence-corrected chi connectivity index (χ0v) is 19.1. The van der Waals surface area contributed by atoms with Crippen molar-refractivity contribution in [2.24, 2.45) is 0 Å². The van der Waals surface area contributed by atoms with E-state index in [1.165, 1.54) is 30.6 Å². The number of thioether (sulfide) groups is 2. The average molecular weight is 443 g/mol. The van der Waals surface area contributed by atoms with Crippen LogP contribution >= 0.6 is 59.6 Å². The zero-order chi connectivity index (χ0) is 19.1. The predicted octanol–water partition coefficient (Wildman–Crippen LogP) is 8.33. The van der Waals surface area contributed by atoms with Gasteiger partial charge in [0, 0.05) is 10.3 Å². The molecular formula is C20H23ClOS4. The molecule has 0 aliphatic heterocycles. The Morgan fingerprint density at radius 3 is 2.58 bits per heavy atom. The number of rotatable bonds is 9. The van der Waals surface area contributed by atoms with E-state index in [4.69, 9.17) is 40.5 Å². The van der Waals surface area contributed by atoms with Crippen molar-refractivity contribution >= 4 is 74.7 Å². The van der Waals surface area contributed by atoms with Crippen molar-refractivity contribution < 1.29 is 4.42 Å². The third-order valence-corrected chi connectivity index (χ3v) is 7.45. The predicted molar refractivity (Wildman–Crippen MR) is 126 cm³/mol. The highest BCUT2D eigenvalue weighted by Gasteiger charge is 2.10. The SMILES string of the molecule is C=CC(=S)SCCCCCCSc1cc(C)c2oc(=S)c(Cl)c(C)c2c1. The Morgan fingerprint density at radius 1 is 1.19 bits per heavy atom. The second-order valence-electron chi connectivity index (χ2n) is 6.08. The van der Waals surface area contributed by atoms with E-state index in [2.05, 4.69) is 25.6 Å². The number of unbranched alkanes of at least 4 members (excludes halogenated alkanes) is 3. The molecular weight excluding hydrogens is 420 g/mol. The summed E-state index contributed by atoms with van der Waals surface area (Å²) in [5.74, 6) is 2.21. The van der Waals surface area contributed by atoms with Crippen LogP contribution < -0.4 is 0 Å². The zero-order valence-electron chi connectivity index (χ0n) is 15.1. The van der Waals surface area contributed by atoms with Crippen LogP contribution in [0.15, 0.2) is 34.1 Å². The maximum absolute atomic E-state index is 6.26. The highest BCUT2D eigenvalue weighted by atomic mass is 35.5. The summed E-state index contributed by atoms with van der Waals surface area (Å²) < 4.78 is 6.99. The van der Waals surface area contributed by atoms with Crippen molar-refractivity contribution in [1.29, 1.82) is 0 Å². The van der Waals surface area contributed by atoms with Gasteiger partial charge in [0.25, 0.3) is 0 Å². The molecule has 2 rings (SSSR count). The van der Waals surface area contributed by atoms with Gasteiger partial charge in [-0.3, -0.25) is 0 Å². The quantitative estimate of drug-likeness (QED) is 0.167. The largest absolute Gasteiger partial charge is 0.443 e. The van der Waals surface area contributed by atoms with E-state index in [-0.39, 0.29) is 0 Å². The summed E-state index contributed by atoms with van der Waals surface area (Å²) in [5.41, 5.74) is 2.95. The Hall–Kier alpha value is -0.330. The number of thiocarbonyl (C=S) groups is 1. The molecule has 1 heterocycles. The van der Waals surface area contributed by atoms with Gasteiger partial charge in [0.1, 0.15) is 5.58 Å². The lowest BCUT2D eigenvalue weighted by atomic mass is 10.1. The monoisotopic (exact) mass is 442 g/mol. The summed E-state index contributed by atoms with van der Waals surface area (Å²) in [5, 5.41) is 1.60. The van der Waals surface area contributed by atoms with Crippen LogP contribution in [0, 0.1) is 18.6 Å². The lowest BCUT2D eigenvalue weighted by molar-refractivity contribution is 0.583. The van der Waals surface area contributed by atoms with Gasteiger partial charge in [0.05, 0.1) is 9.22 Å². The average Bonchev–Trinajstić information content (AvgIpc) is 2.62. The van der Waals surface area contributed by atoms with Crippen LogP contribution in [0.25, 0.3) is 11.0 Å². The summed E-state index contributed by atoms with van der Waals surface area (Å²) in [6.07, 6.45) is 6.67. The van der Waals surface area contributed by atoms with Gasteiger partial charge in [0.15, 0.2) is 0 Å². The summed E-state index contributed by atoms with van der Waals surface area (Å²) in [6.45, 7) is 7.74. The van der Waals surface area contributed by atoms with Crippen molar-refractivity contribution in [1.82, 2.24) is 0 Å². The maximum atomic E-state index is 6.26. The molecule has 0 atom stereocenters. The Kier molecular flexibility index (Phi) is 9.18. The van der Waals surface area contributed by atoms with Crippen molar-refractivity contribution in [2.75, 3.05) is 11.5 Å². The van der Waals surface area contributed by atoms with Crippen LogP contribution in [0.1, 0.15) is 36.8 Å². The third-order valence-electron chi connectivity index (χ3n) is 4.07. The fraction of sp³-hybridized carbons (Fsp3) is 0.400. The van der Waals surface area contributed by atoms with Crippen LogP contribution in [-0.2, 0) is 0 Å². The first kappa shape index (κ1) is 22.0. The molecule has 6 heteroatoms. The molecule has 0 spiro atoms. The second kappa shape index (κ2) is 10.9. The van der Waals surface area contributed by atoms with E-state index in [1.807, 2.05) is 18.7 Å². The van der Waals surface area contributed by atoms with Gasteiger partial charge in [-0.15, -0.1) is 23.5 Å². The van der Waals surface area contributed by atoms with Gasteiger partial charge in [-0.05, 0) is 79.7 Å². The first-order chi connectivity index (χ1) is 12.4. The molecule has 26 heavy (non-hydrogen) atoms. The van der Waals surface area contributed by atoms with Crippen LogP contribution in [0.5, 0.6) is 0 Å². The molecule has 0 fully saturated rings. The number of fused-ring (bicyclic) bond motifs is 1. The normalized spacial score (nSPS) is 11.0. The Labute approximate surface area is 180 Å². The topological polar surface area (TPSA) is 13.1 Å². The lowest BCUT2D eigenvalue weighted by Gasteiger charge is -2.09. The minimum absolute atomic E-state index is 0.368. The minimum Gasteiger partial charge on any atom is -0.443 e. The number of hydrogen-bond acceptors (Lipinski definition) is 5. The van der Waals surface area contributed by atoms with Crippen LogP contribution in [0.2, 0.25) is 5.02 Å². The molecule has 0 N–H and O–H groups in total. The first-order valence-electron chi connectivity index (χ1n) is 8.59. The molecule has 0 saturated carbocycles. The number of halogens is 1. The van der Waals surface area contributed by atoms with Gasteiger partial charge >= 0.3 is 0 Å². The molecule has 1 aromatic carbocycles. The summed E-state index contributed by atoms with van der Waals surface area (Å²) >= 11 is 20.2. The molecule has 1 aromatic heterocycles. The molecule has 2 aromatic rings. The van der Waals surface area contributed by atoms with Gasteiger partial charge in [-0.2, -0.15) is 0 Å². The lowest BCUT2D eigenvalue weighted by Crippen LogP contribution is -1.89. The third kappa shape index (κ3) is 6.10. The van der Waals surface area contributed by atoms with Gasteiger partial charge in [0.2, 0.25) is 4.71 Å². The van der Waals surface area contributed by atoms with E-state index in [1.54, 1.807) is 17.8 Å². The molecule has 0 saturated heterocycles. The van der Waals surface area contributed by atoms with Crippen LogP contribution in [-0.4, -0.2) is 15.7 Å². The van der Waals surface area contributed by atoms with Crippen LogP contribution in [0.4, 0.5) is 0 Å². The van der Waals surface area contributed by atoms with Crippen LogP contribution in [0.3, 0.4) is 0 Å². The first-order valence-corrected chi connectivity index (χ1v) is 11.8. The maximum Gasteiger partial charge on any atom is 0.209 e. The summed E-state index contributed by atoms with van der Waals surface area (Å²) in [4.78, 5) is 1.26. The molecule has 0 aliphatic carbocycles. The molecule has 0 amide bonds. The number of benzene rings is 1. The Balaban J connectivity index is 1.85. The van der Waals surface area contributed by atoms with Crippen molar-refractivity contribution in [2.45, 2.75) is 44.4 Å². The Bertz CT molecular complexity index is 857. The highest BCUT2D eigenvalue weighted by molar-refractivity contribution is 8.23. The minimum atomic E-state index is 0.368. The van der Waals surface area contributed by atoms with Crippen molar-refractivity contribution in [3.05, 3.63) is 45.6 Å². The van der Waals surface area contributed by atoms with Crippen molar-refractivity contribution in [3.8, 4) is 0 Å².